The minimum Gasteiger partial charge on any atom is -0.383 e. The van der Waals surface area contributed by atoms with Gasteiger partial charge >= 0.3 is 0 Å². The molecule has 25 heavy (non-hydrogen) atoms. The minimum absolute atomic E-state index is 0. The number of methoxy groups -OCH3 is 1. The first-order chi connectivity index (χ1) is 11.4. The first-order valence-corrected chi connectivity index (χ1v) is 8.63. The van der Waals surface area contributed by atoms with Gasteiger partial charge in [0.25, 0.3) is 0 Å². The number of amides is 1. The monoisotopic (exact) mass is 386 g/mol. The third-order valence-electron chi connectivity index (χ3n) is 3.67. The van der Waals surface area contributed by atoms with Gasteiger partial charge in [-0.15, -0.1) is 23.7 Å². The molecule has 0 bridgehead atoms. The van der Waals surface area contributed by atoms with Crippen LogP contribution in [0.1, 0.15) is 18.7 Å². The van der Waals surface area contributed by atoms with Crippen LogP contribution >= 0.6 is 23.7 Å². The largest absolute Gasteiger partial charge is 0.383 e. The van der Waals surface area contributed by atoms with Crippen LogP contribution in [0.3, 0.4) is 0 Å². The summed E-state index contributed by atoms with van der Waals surface area (Å²) < 4.78 is 18.3. The second kappa shape index (κ2) is 9.87. The Balaban J connectivity index is 0.00000312. The highest BCUT2D eigenvalue weighted by Gasteiger charge is 2.24. The zero-order chi connectivity index (χ0) is 17.7. The molecule has 1 amide bonds. The van der Waals surface area contributed by atoms with Crippen LogP contribution in [0, 0.1) is 5.82 Å². The topological polar surface area (TPSA) is 55.6 Å². The molecule has 2 aromatic rings. The van der Waals surface area contributed by atoms with Gasteiger partial charge in [-0.3, -0.25) is 4.79 Å². The van der Waals surface area contributed by atoms with Crippen LogP contribution in [0.5, 0.6) is 0 Å². The van der Waals surface area contributed by atoms with Gasteiger partial charge in [0.1, 0.15) is 11.9 Å². The fourth-order valence-corrected chi connectivity index (χ4v) is 3.41. The van der Waals surface area contributed by atoms with E-state index in [2.05, 4.69) is 0 Å². The van der Waals surface area contributed by atoms with Crippen molar-refractivity contribution in [2.45, 2.75) is 32.5 Å². The average molecular weight is 387 g/mol. The Labute approximate surface area is 158 Å². The lowest BCUT2D eigenvalue weighted by molar-refractivity contribution is -0.136. The number of benzene rings is 1. The lowest BCUT2D eigenvalue weighted by Gasteiger charge is -2.28. The molecule has 138 valence electrons. The number of nitrogens with zero attached hydrogens (tertiary/aromatic N) is 1. The molecule has 0 aliphatic rings. The molecule has 1 aromatic carbocycles. The molecule has 2 N–H and O–H groups in total. The highest BCUT2D eigenvalue weighted by Crippen LogP contribution is 2.29. The normalized spacial score (nSPS) is 11.9. The van der Waals surface area contributed by atoms with Crippen molar-refractivity contribution in [3.8, 4) is 10.4 Å². The molecule has 0 saturated carbocycles. The molecule has 1 atom stereocenters. The molecule has 0 fully saturated rings. The molecule has 7 heteroatoms. The first kappa shape index (κ1) is 21.6. The first-order valence-electron chi connectivity index (χ1n) is 7.82. The fourth-order valence-electron chi connectivity index (χ4n) is 2.41. The van der Waals surface area contributed by atoms with E-state index in [9.17, 15) is 9.18 Å². The Hall–Kier alpha value is -1.47. The smallest absolute Gasteiger partial charge is 0.242 e. The van der Waals surface area contributed by atoms with Crippen molar-refractivity contribution >= 4 is 29.7 Å². The molecule has 4 nitrogen and oxygen atoms in total. The molecule has 0 radical (unpaired) electrons. The lowest BCUT2D eigenvalue weighted by Crippen LogP contribution is -2.48. The summed E-state index contributed by atoms with van der Waals surface area (Å²) in [5, 5.41) is 0. The van der Waals surface area contributed by atoms with E-state index in [1.54, 1.807) is 22.3 Å². The lowest BCUT2D eigenvalue weighted by atomic mass is 10.2. The molecule has 2 rings (SSSR count). The average Bonchev–Trinajstić information content (AvgIpc) is 3.00. The van der Waals surface area contributed by atoms with E-state index in [0.717, 1.165) is 15.3 Å². The summed E-state index contributed by atoms with van der Waals surface area (Å²) in [7, 11) is 1.53. The number of hydrogen-bond acceptors (Lipinski definition) is 4. The van der Waals surface area contributed by atoms with Crippen molar-refractivity contribution in [1.29, 1.82) is 0 Å². The number of hydrogen-bond donors (Lipinski definition) is 1. The zero-order valence-corrected chi connectivity index (χ0v) is 16.2. The van der Waals surface area contributed by atoms with Gasteiger partial charge < -0.3 is 15.4 Å². The van der Waals surface area contributed by atoms with Crippen molar-refractivity contribution in [2.75, 3.05) is 13.7 Å². The predicted octanol–water partition coefficient (Wildman–Crippen LogP) is 3.69. The van der Waals surface area contributed by atoms with E-state index >= 15 is 0 Å². The Morgan fingerprint density at radius 2 is 2.04 bits per heavy atom. The molecule has 0 aliphatic heterocycles. The number of nitrogens with two attached hydrogens (primary N) is 1. The van der Waals surface area contributed by atoms with Crippen molar-refractivity contribution in [3.05, 3.63) is 47.1 Å². The van der Waals surface area contributed by atoms with Crippen LogP contribution < -0.4 is 5.73 Å². The van der Waals surface area contributed by atoms with Crippen LogP contribution in [0.4, 0.5) is 4.39 Å². The van der Waals surface area contributed by atoms with Gasteiger partial charge in [-0.1, -0.05) is 12.1 Å². The standard InChI is InChI=1S/C18H23FN2O2S.ClH/c1-12(2)21(18(22)16(20)11-23-3)10-15-7-8-17(24-15)13-5-4-6-14(19)9-13;/h4-9,12,16H,10-11,20H2,1-3H3;1H. The number of ether oxygens (including phenoxy) is 1. The number of carbonyl (C=O) groups excluding carboxylic acids is 1. The number of carbonyl (C=O) groups is 1. The molecular formula is C18H24ClFN2O2S. The maximum absolute atomic E-state index is 13.4. The van der Waals surface area contributed by atoms with Gasteiger partial charge in [0, 0.05) is 22.9 Å². The van der Waals surface area contributed by atoms with Crippen molar-refractivity contribution in [1.82, 2.24) is 4.90 Å². The summed E-state index contributed by atoms with van der Waals surface area (Å²) in [4.78, 5) is 16.2. The van der Waals surface area contributed by atoms with Gasteiger partial charge in [0.2, 0.25) is 5.91 Å². The summed E-state index contributed by atoms with van der Waals surface area (Å²) in [6, 6.07) is 9.78. The maximum Gasteiger partial charge on any atom is 0.242 e. The van der Waals surface area contributed by atoms with Crippen LogP contribution in [-0.4, -0.2) is 36.6 Å². The summed E-state index contributed by atoms with van der Waals surface area (Å²) in [6.45, 7) is 4.59. The van der Waals surface area contributed by atoms with Crippen LogP contribution in [0.25, 0.3) is 10.4 Å². The molecular weight excluding hydrogens is 363 g/mol. The van der Waals surface area contributed by atoms with Crippen molar-refractivity contribution in [2.24, 2.45) is 5.73 Å². The molecule has 1 unspecified atom stereocenters. The van der Waals surface area contributed by atoms with Gasteiger partial charge in [-0.05, 0) is 43.7 Å². The van der Waals surface area contributed by atoms with Crippen molar-refractivity contribution in [3.63, 3.8) is 0 Å². The van der Waals surface area contributed by atoms with E-state index in [0.29, 0.717) is 6.54 Å². The number of thiophene rings is 1. The van der Waals surface area contributed by atoms with Gasteiger partial charge in [0.15, 0.2) is 0 Å². The van der Waals surface area contributed by atoms with Crippen LogP contribution in [0.2, 0.25) is 0 Å². The van der Waals surface area contributed by atoms with E-state index < -0.39 is 6.04 Å². The zero-order valence-electron chi connectivity index (χ0n) is 14.6. The Bertz CT molecular complexity index is 693. The van der Waals surface area contributed by atoms with Crippen LogP contribution in [0.15, 0.2) is 36.4 Å². The fraction of sp³-hybridized carbons (Fsp3) is 0.389. The Morgan fingerprint density at radius 3 is 2.64 bits per heavy atom. The highest BCUT2D eigenvalue weighted by molar-refractivity contribution is 7.15. The van der Waals surface area contributed by atoms with Gasteiger partial charge in [-0.2, -0.15) is 0 Å². The van der Waals surface area contributed by atoms with E-state index in [-0.39, 0.29) is 36.8 Å². The molecule has 0 aliphatic carbocycles. The third kappa shape index (κ3) is 5.78. The van der Waals surface area contributed by atoms with Crippen molar-refractivity contribution < 1.29 is 13.9 Å². The number of rotatable bonds is 7. The van der Waals surface area contributed by atoms with Gasteiger partial charge in [0.05, 0.1) is 13.2 Å². The maximum atomic E-state index is 13.4. The predicted molar refractivity (Wildman–Crippen MR) is 102 cm³/mol. The summed E-state index contributed by atoms with van der Waals surface area (Å²) in [5.74, 6) is -0.389. The molecule has 1 heterocycles. The second-order valence-corrected chi connectivity index (χ2v) is 7.07. The summed E-state index contributed by atoms with van der Waals surface area (Å²) in [6.07, 6.45) is 0. The van der Waals surface area contributed by atoms with E-state index in [1.165, 1.54) is 19.2 Å². The Kier molecular flexibility index (Phi) is 8.52. The molecule has 0 spiro atoms. The molecule has 0 saturated heterocycles. The quantitative estimate of drug-likeness (QED) is 0.789. The minimum atomic E-state index is -0.667. The summed E-state index contributed by atoms with van der Waals surface area (Å²) >= 11 is 1.55. The second-order valence-electron chi connectivity index (χ2n) is 5.90. The molecule has 1 aromatic heterocycles. The number of halogens is 2. The SMILES string of the molecule is COCC(N)C(=O)N(Cc1ccc(-c2cccc(F)c2)s1)C(C)C.Cl. The van der Waals surface area contributed by atoms with E-state index in [1.807, 2.05) is 32.0 Å². The highest BCUT2D eigenvalue weighted by atomic mass is 35.5. The van der Waals surface area contributed by atoms with E-state index in [4.69, 9.17) is 10.5 Å². The summed E-state index contributed by atoms with van der Waals surface area (Å²) in [5.41, 5.74) is 6.72. The van der Waals surface area contributed by atoms with Gasteiger partial charge in [-0.25, -0.2) is 4.39 Å². The third-order valence-corrected chi connectivity index (χ3v) is 4.79. The van der Waals surface area contributed by atoms with Crippen LogP contribution in [-0.2, 0) is 16.1 Å². The Morgan fingerprint density at radius 1 is 1.32 bits per heavy atom.